The van der Waals surface area contributed by atoms with Gasteiger partial charge in [0.15, 0.2) is 0 Å². The molecule has 25 heavy (non-hydrogen) atoms. The van der Waals surface area contributed by atoms with Crippen LogP contribution in [0, 0.1) is 6.92 Å². The second-order valence-electron chi connectivity index (χ2n) is 5.52. The molecule has 0 aliphatic carbocycles. The van der Waals surface area contributed by atoms with Crippen LogP contribution in [0.2, 0.25) is 0 Å². The third-order valence-corrected chi connectivity index (χ3v) is 4.66. The average Bonchev–Trinajstić information content (AvgIpc) is 2.98. The van der Waals surface area contributed by atoms with Gasteiger partial charge in [-0.15, -0.1) is 11.3 Å². The SMILES string of the molecule is Cc1nc(N[C@@H](CC(N)=O)C(=O)O)c2cc(-c3ccccc3)sc2n1. The van der Waals surface area contributed by atoms with Gasteiger partial charge < -0.3 is 16.2 Å². The van der Waals surface area contributed by atoms with Crippen LogP contribution in [0.5, 0.6) is 0 Å². The first-order valence-electron chi connectivity index (χ1n) is 7.55. The van der Waals surface area contributed by atoms with E-state index in [1.54, 1.807) is 6.92 Å². The van der Waals surface area contributed by atoms with Crippen LogP contribution in [-0.2, 0) is 9.59 Å². The van der Waals surface area contributed by atoms with Crippen molar-refractivity contribution >= 4 is 39.2 Å². The molecule has 0 aliphatic rings. The summed E-state index contributed by atoms with van der Waals surface area (Å²) in [6.45, 7) is 1.73. The number of carbonyl (C=O) groups is 2. The molecule has 0 spiro atoms. The number of nitrogens with one attached hydrogen (secondary N) is 1. The van der Waals surface area contributed by atoms with Gasteiger partial charge in [-0.1, -0.05) is 30.3 Å². The van der Waals surface area contributed by atoms with E-state index in [0.29, 0.717) is 17.0 Å². The molecular weight excluding hydrogens is 340 g/mol. The van der Waals surface area contributed by atoms with Crippen LogP contribution in [0.1, 0.15) is 12.2 Å². The Balaban J connectivity index is 2.04. The van der Waals surface area contributed by atoms with E-state index in [-0.39, 0.29) is 6.42 Å². The van der Waals surface area contributed by atoms with Gasteiger partial charge >= 0.3 is 5.97 Å². The summed E-state index contributed by atoms with van der Waals surface area (Å²) in [6, 6.07) is 10.6. The number of fused-ring (bicyclic) bond motifs is 1. The first-order chi connectivity index (χ1) is 11.9. The van der Waals surface area contributed by atoms with Gasteiger partial charge in [0.1, 0.15) is 22.5 Å². The Hall–Kier alpha value is -3.00. The molecular formula is C17H16N4O3S. The maximum absolute atomic E-state index is 11.4. The van der Waals surface area contributed by atoms with Crippen molar-refractivity contribution in [1.82, 2.24) is 9.97 Å². The summed E-state index contributed by atoms with van der Waals surface area (Å²) in [5.74, 6) is -0.965. The second kappa shape index (κ2) is 6.86. The fraction of sp³-hybridized carbons (Fsp3) is 0.176. The number of aliphatic carboxylic acids is 1. The number of primary amides is 1. The Kier molecular flexibility index (Phi) is 4.62. The van der Waals surface area contributed by atoms with E-state index >= 15 is 0 Å². The molecule has 1 atom stereocenters. The van der Waals surface area contributed by atoms with E-state index in [2.05, 4.69) is 15.3 Å². The molecule has 3 aromatic rings. The molecule has 0 aliphatic heterocycles. The number of aryl methyl sites for hydroxylation is 1. The van der Waals surface area contributed by atoms with E-state index in [1.165, 1.54) is 11.3 Å². The van der Waals surface area contributed by atoms with Gasteiger partial charge in [-0.2, -0.15) is 0 Å². The van der Waals surface area contributed by atoms with Crippen LogP contribution in [0.15, 0.2) is 36.4 Å². The summed E-state index contributed by atoms with van der Waals surface area (Å²) >= 11 is 1.50. The number of carboxylic acids is 1. The summed E-state index contributed by atoms with van der Waals surface area (Å²) in [7, 11) is 0. The molecule has 0 saturated heterocycles. The number of hydrogen-bond acceptors (Lipinski definition) is 6. The number of aromatic nitrogens is 2. The third kappa shape index (κ3) is 3.74. The second-order valence-corrected chi connectivity index (χ2v) is 6.55. The minimum absolute atomic E-state index is 0.324. The van der Waals surface area contributed by atoms with E-state index in [9.17, 15) is 14.7 Å². The van der Waals surface area contributed by atoms with Crippen LogP contribution in [0.25, 0.3) is 20.7 Å². The van der Waals surface area contributed by atoms with Crippen LogP contribution in [-0.4, -0.2) is 33.0 Å². The number of nitrogens with two attached hydrogens (primary N) is 1. The molecule has 8 heteroatoms. The smallest absolute Gasteiger partial charge is 0.326 e. The van der Waals surface area contributed by atoms with E-state index in [0.717, 1.165) is 15.3 Å². The quantitative estimate of drug-likeness (QED) is 0.624. The lowest BCUT2D eigenvalue weighted by molar-refractivity contribution is -0.139. The first kappa shape index (κ1) is 16.8. The van der Waals surface area contributed by atoms with Crippen LogP contribution in [0.3, 0.4) is 0 Å². The summed E-state index contributed by atoms with van der Waals surface area (Å²) in [5.41, 5.74) is 6.18. The number of anilines is 1. The van der Waals surface area contributed by atoms with Crippen LogP contribution in [0.4, 0.5) is 5.82 Å². The maximum Gasteiger partial charge on any atom is 0.326 e. The molecule has 0 bridgehead atoms. The van der Waals surface area contributed by atoms with Gasteiger partial charge in [-0.25, -0.2) is 14.8 Å². The predicted molar refractivity (Wildman–Crippen MR) is 96.4 cm³/mol. The minimum atomic E-state index is -1.17. The molecule has 2 heterocycles. The number of amides is 1. The largest absolute Gasteiger partial charge is 0.480 e. The Bertz CT molecular complexity index is 940. The molecule has 0 saturated carbocycles. The van der Waals surface area contributed by atoms with Crippen molar-refractivity contribution in [1.29, 1.82) is 0 Å². The lowest BCUT2D eigenvalue weighted by Crippen LogP contribution is -2.34. The minimum Gasteiger partial charge on any atom is -0.480 e. The number of nitrogens with zero attached hydrogens (tertiary/aromatic N) is 2. The molecule has 2 aromatic heterocycles. The monoisotopic (exact) mass is 356 g/mol. The summed E-state index contributed by atoms with van der Waals surface area (Å²) in [5, 5.41) is 12.8. The van der Waals surface area contributed by atoms with Crippen LogP contribution < -0.4 is 11.1 Å². The van der Waals surface area contributed by atoms with E-state index in [1.807, 2.05) is 36.4 Å². The van der Waals surface area contributed by atoms with Crippen molar-refractivity contribution in [3.05, 3.63) is 42.2 Å². The zero-order valence-electron chi connectivity index (χ0n) is 13.4. The number of hydrogen-bond donors (Lipinski definition) is 3. The lowest BCUT2D eigenvalue weighted by atomic mass is 10.1. The molecule has 0 fully saturated rings. The Morgan fingerprint density at radius 1 is 1.28 bits per heavy atom. The molecule has 0 unspecified atom stereocenters. The van der Waals surface area contributed by atoms with Gasteiger partial charge in [-0.3, -0.25) is 4.79 Å². The van der Waals surface area contributed by atoms with E-state index < -0.39 is 17.9 Å². The Morgan fingerprint density at radius 2 is 2.00 bits per heavy atom. The topological polar surface area (TPSA) is 118 Å². The highest BCUT2D eigenvalue weighted by Crippen LogP contribution is 2.35. The highest BCUT2D eigenvalue weighted by Gasteiger charge is 2.22. The number of carboxylic acid groups (broad SMARTS) is 1. The standard InChI is InChI=1S/C17H16N4O3S/c1-9-19-15(21-12(17(23)24)8-14(18)22)11-7-13(25-16(11)20-9)10-5-3-2-4-6-10/h2-7,12H,8H2,1H3,(H2,18,22)(H,23,24)(H,19,20,21)/t12-/m0/s1. The van der Waals surface area contributed by atoms with E-state index in [4.69, 9.17) is 5.73 Å². The molecule has 0 radical (unpaired) electrons. The normalized spacial score (nSPS) is 12.0. The van der Waals surface area contributed by atoms with Crippen molar-refractivity contribution in [2.45, 2.75) is 19.4 Å². The van der Waals surface area contributed by atoms with Gasteiger partial charge in [-0.05, 0) is 18.6 Å². The molecule has 3 rings (SSSR count). The highest BCUT2D eigenvalue weighted by molar-refractivity contribution is 7.21. The zero-order chi connectivity index (χ0) is 18.0. The summed E-state index contributed by atoms with van der Waals surface area (Å²) < 4.78 is 0. The summed E-state index contributed by atoms with van der Waals surface area (Å²) in [4.78, 5) is 33.0. The third-order valence-electron chi connectivity index (χ3n) is 3.58. The highest BCUT2D eigenvalue weighted by atomic mass is 32.1. The van der Waals surface area contributed by atoms with Crippen molar-refractivity contribution in [3.8, 4) is 10.4 Å². The van der Waals surface area contributed by atoms with Crippen molar-refractivity contribution < 1.29 is 14.7 Å². The Labute approximate surface area is 147 Å². The van der Waals surface area contributed by atoms with Crippen molar-refractivity contribution in [3.63, 3.8) is 0 Å². The van der Waals surface area contributed by atoms with Gasteiger partial charge in [0.05, 0.1) is 11.8 Å². The molecule has 4 N–H and O–H groups in total. The molecule has 128 valence electrons. The average molecular weight is 356 g/mol. The van der Waals surface area contributed by atoms with Crippen molar-refractivity contribution in [2.24, 2.45) is 5.73 Å². The fourth-order valence-corrected chi connectivity index (χ4v) is 3.53. The Morgan fingerprint density at radius 3 is 2.64 bits per heavy atom. The molecule has 7 nitrogen and oxygen atoms in total. The predicted octanol–water partition coefficient (Wildman–Crippen LogP) is 2.41. The molecule has 1 amide bonds. The van der Waals surface area contributed by atoms with Crippen molar-refractivity contribution in [2.75, 3.05) is 5.32 Å². The molecule has 1 aromatic carbocycles. The van der Waals surface area contributed by atoms with Gasteiger partial charge in [0.25, 0.3) is 0 Å². The maximum atomic E-state index is 11.4. The first-order valence-corrected chi connectivity index (χ1v) is 8.37. The number of rotatable bonds is 6. The van der Waals surface area contributed by atoms with Crippen LogP contribution >= 0.6 is 11.3 Å². The van der Waals surface area contributed by atoms with Gasteiger partial charge in [0.2, 0.25) is 5.91 Å². The van der Waals surface area contributed by atoms with Gasteiger partial charge in [0, 0.05) is 4.88 Å². The number of carbonyl (C=O) groups excluding carboxylic acids is 1. The zero-order valence-corrected chi connectivity index (χ0v) is 14.2. The number of thiophene rings is 1. The lowest BCUT2D eigenvalue weighted by Gasteiger charge is -2.14. The number of benzene rings is 1. The summed E-state index contributed by atoms with van der Waals surface area (Å²) in [6.07, 6.45) is -0.324. The fourth-order valence-electron chi connectivity index (χ4n) is 2.45.